The fourth-order valence-corrected chi connectivity index (χ4v) is 4.86. The number of aliphatic carboxylic acids is 1. The molecule has 0 unspecified atom stereocenters. The number of nitrogens with one attached hydrogen (secondary N) is 2. The zero-order valence-corrected chi connectivity index (χ0v) is 18.9. The molecule has 7 nitrogen and oxygen atoms in total. The highest BCUT2D eigenvalue weighted by Gasteiger charge is 2.35. The number of ether oxygens (including phenoxy) is 1. The van der Waals surface area contributed by atoms with E-state index in [4.69, 9.17) is 9.84 Å². The second-order valence-corrected chi connectivity index (χ2v) is 9.33. The minimum absolute atomic E-state index is 0.0457. The lowest BCUT2D eigenvalue weighted by molar-refractivity contribution is -0.139. The summed E-state index contributed by atoms with van der Waals surface area (Å²) in [4.78, 5) is 36.1. The van der Waals surface area contributed by atoms with Gasteiger partial charge < -0.3 is 20.5 Å². The number of benzene rings is 2. The molecule has 4 rings (SSSR count). The van der Waals surface area contributed by atoms with E-state index in [1.807, 2.05) is 38.1 Å². The third-order valence-corrected chi connectivity index (χ3v) is 6.61. The Morgan fingerprint density at radius 3 is 2.12 bits per heavy atom. The quantitative estimate of drug-likeness (QED) is 0.565. The van der Waals surface area contributed by atoms with Crippen LogP contribution < -0.4 is 10.6 Å². The molecule has 0 aromatic heterocycles. The molecule has 3 N–H and O–H groups in total. The molecule has 0 bridgehead atoms. The molecule has 1 atom stereocenters. The van der Waals surface area contributed by atoms with Crippen molar-refractivity contribution in [1.82, 2.24) is 10.6 Å². The number of hydrogen-bond donors (Lipinski definition) is 3. The van der Waals surface area contributed by atoms with E-state index in [9.17, 15) is 14.4 Å². The number of carboxylic acids is 1. The summed E-state index contributed by atoms with van der Waals surface area (Å²) in [5.41, 5.74) is 4.57. The molecule has 2 aromatic carbocycles. The van der Waals surface area contributed by atoms with Crippen LogP contribution in [0.3, 0.4) is 0 Å². The van der Waals surface area contributed by atoms with Gasteiger partial charge in [-0.05, 0) is 46.9 Å². The second-order valence-electron chi connectivity index (χ2n) is 9.33. The Labute approximate surface area is 193 Å². The fourth-order valence-electron chi connectivity index (χ4n) is 4.86. The normalized spacial score (nSPS) is 19.7. The van der Waals surface area contributed by atoms with Crippen LogP contribution in [0.2, 0.25) is 0 Å². The molecule has 0 aliphatic heterocycles. The summed E-state index contributed by atoms with van der Waals surface area (Å²) in [7, 11) is 0. The van der Waals surface area contributed by atoms with E-state index in [0.29, 0.717) is 12.8 Å². The maximum atomic E-state index is 12.7. The average Bonchev–Trinajstić information content (AvgIpc) is 3.07. The Balaban J connectivity index is 1.33. The van der Waals surface area contributed by atoms with E-state index in [0.717, 1.165) is 22.3 Å². The number of carbonyl (C=O) groups excluding carboxylic acids is 2. The first-order valence-corrected chi connectivity index (χ1v) is 11.5. The lowest BCUT2D eigenvalue weighted by atomic mass is 9.78. The maximum Gasteiger partial charge on any atom is 0.407 e. The molecular weight excluding hydrogens is 420 g/mol. The molecule has 7 heteroatoms. The Kier molecular flexibility index (Phi) is 6.67. The Morgan fingerprint density at radius 1 is 1.00 bits per heavy atom. The minimum Gasteiger partial charge on any atom is -0.481 e. The summed E-state index contributed by atoms with van der Waals surface area (Å²) in [6, 6.07) is 15.5. The van der Waals surface area contributed by atoms with Gasteiger partial charge in [0.2, 0.25) is 5.91 Å². The number of rotatable bonds is 8. The van der Waals surface area contributed by atoms with E-state index in [2.05, 4.69) is 34.9 Å². The molecule has 174 valence electrons. The van der Waals surface area contributed by atoms with Gasteiger partial charge in [-0.1, -0.05) is 62.4 Å². The van der Waals surface area contributed by atoms with E-state index in [-0.39, 0.29) is 42.7 Å². The number of hydrogen-bond acceptors (Lipinski definition) is 4. The van der Waals surface area contributed by atoms with Crippen molar-refractivity contribution >= 4 is 18.0 Å². The van der Waals surface area contributed by atoms with Crippen LogP contribution in [0, 0.1) is 11.8 Å². The number of carbonyl (C=O) groups is 3. The SMILES string of the molecule is CC(C)[C@@H](NC(=O)OCC1c2ccccc2-c2ccccc21)C(=O)NC1CC(CC(=O)O)C1. The highest BCUT2D eigenvalue weighted by Crippen LogP contribution is 2.44. The topological polar surface area (TPSA) is 105 Å². The van der Waals surface area contributed by atoms with E-state index in [1.165, 1.54) is 0 Å². The van der Waals surface area contributed by atoms with Gasteiger partial charge in [-0.15, -0.1) is 0 Å². The van der Waals surface area contributed by atoms with Crippen molar-refractivity contribution in [3.05, 3.63) is 59.7 Å². The molecule has 0 heterocycles. The number of amides is 2. The summed E-state index contributed by atoms with van der Waals surface area (Å²) in [5, 5.41) is 14.5. The molecule has 2 aromatic rings. The van der Waals surface area contributed by atoms with Gasteiger partial charge >= 0.3 is 12.1 Å². The third-order valence-electron chi connectivity index (χ3n) is 6.61. The molecular formula is C26H30N2O5. The first-order chi connectivity index (χ1) is 15.8. The highest BCUT2D eigenvalue weighted by molar-refractivity contribution is 5.86. The summed E-state index contributed by atoms with van der Waals surface area (Å²) in [6.07, 6.45) is 0.794. The molecule has 0 radical (unpaired) electrons. The largest absolute Gasteiger partial charge is 0.481 e. The van der Waals surface area contributed by atoms with Crippen LogP contribution in [0.5, 0.6) is 0 Å². The fraction of sp³-hybridized carbons (Fsp3) is 0.423. The van der Waals surface area contributed by atoms with Crippen LogP contribution in [-0.4, -0.2) is 41.8 Å². The highest BCUT2D eigenvalue weighted by atomic mass is 16.5. The van der Waals surface area contributed by atoms with Crippen molar-refractivity contribution in [3.63, 3.8) is 0 Å². The van der Waals surface area contributed by atoms with E-state index in [1.54, 1.807) is 0 Å². The van der Waals surface area contributed by atoms with Gasteiger partial charge in [0.1, 0.15) is 12.6 Å². The maximum absolute atomic E-state index is 12.7. The third kappa shape index (κ3) is 5.02. The van der Waals surface area contributed by atoms with Gasteiger partial charge in [-0.25, -0.2) is 4.79 Å². The minimum atomic E-state index is -0.818. The average molecular weight is 451 g/mol. The van der Waals surface area contributed by atoms with Gasteiger partial charge in [0.25, 0.3) is 0 Å². The van der Waals surface area contributed by atoms with Gasteiger partial charge in [-0.3, -0.25) is 9.59 Å². The van der Waals surface area contributed by atoms with Crippen LogP contribution in [0.1, 0.15) is 50.2 Å². The molecule has 33 heavy (non-hydrogen) atoms. The number of fused-ring (bicyclic) bond motifs is 3. The second kappa shape index (κ2) is 9.65. The molecule has 1 fully saturated rings. The van der Waals surface area contributed by atoms with Crippen molar-refractivity contribution < 1.29 is 24.2 Å². The molecule has 0 saturated heterocycles. The monoisotopic (exact) mass is 450 g/mol. The predicted molar refractivity (Wildman–Crippen MR) is 124 cm³/mol. The predicted octanol–water partition coefficient (Wildman–Crippen LogP) is 3.92. The smallest absolute Gasteiger partial charge is 0.407 e. The van der Waals surface area contributed by atoms with Crippen molar-refractivity contribution in [3.8, 4) is 11.1 Å². The van der Waals surface area contributed by atoms with Crippen LogP contribution in [0.4, 0.5) is 4.79 Å². The Hall–Kier alpha value is -3.35. The first kappa shape index (κ1) is 22.8. The number of carboxylic acid groups (broad SMARTS) is 1. The zero-order valence-electron chi connectivity index (χ0n) is 18.9. The molecule has 2 aliphatic carbocycles. The zero-order chi connectivity index (χ0) is 23.5. The summed E-state index contributed by atoms with van der Waals surface area (Å²) in [5.74, 6) is -1.16. The van der Waals surface area contributed by atoms with Gasteiger partial charge in [0, 0.05) is 18.4 Å². The first-order valence-electron chi connectivity index (χ1n) is 11.5. The van der Waals surface area contributed by atoms with Crippen molar-refractivity contribution in [1.29, 1.82) is 0 Å². The molecule has 1 saturated carbocycles. The molecule has 0 spiro atoms. The Bertz CT molecular complexity index is 999. The van der Waals surface area contributed by atoms with E-state index >= 15 is 0 Å². The lowest BCUT2D eigenvalue weighted by Gasteiger charge is -2.36. The Morgan fingerprint density at radius 2 is 1.58 bits per heavy atom. The van der Waals surface area contributed by atoms with Crippen molar-refractivity contribution in [2.45, 2.75) is 51.1 Å². The van der Waals surface area contributed by atoms with Gasteiger partial charge in [0.15, 0.2) is 0 Å². The van der Waals surface area contributed by atoms with Crippen molar-refractivity contribution in [2.75, 3.05) is 6.61 Å². The van der Waals surface area contributed by atoms with E-state index < -0.39 is 18.1 Å². The standard InChI is InChI=1S/C26H30N2O5/c1-15(2)24(25(31)27-17-11-16(12-17)13-23(29)30)28-26(32)33-14-22-20-9-5-3-7-18(20)19-8-4-6-10-21(19)22/h3-10,15-17,22,24H,11-14H2,1-2H3,(H,27,31)(H,28,32)(H,29,30)/t16?,17?,24-/m1/s1. The van der Waals surface area contributed by atoms with Crippen LogP contribution in [0.25, 0.3) is 11.1 Å². The number of alkyl carbamates (subject to hydrolysis) is 1. The van der Waals surface area contributed by atoms with Crippen LogP contribution in [-0.2, 0) is 14.3 Å². The van der Waals surface area contributed by atoms with Crippen molar-refractivity contribution in [2.24, 2.45) is 11.8 Å². The van der Waals surface area contributed by atoms with Gasteiger partial charge in [0.05, 0.1) is 0 Å². The summed E-state index contributed by atoms with van der Waals surface area (Å²) in [6.45, 7) is 3.91. The van der Waals surface area contributed by atoms with Gasteiger partial charge in [-0.2, -0.15) is 0 Å². The summed E-state index contributed by atoms with van der Waals surface area (Å²) >= 11 is 0. The van der Waals surface area contributed by atoms with Crippen LogP contribution >= 0.6 is 0 Å². The summed E-state index contributed by atoms with van der Waals surface area (Å²) < 4.78 is 5.58. The lowest BCUT2D eigenvalue weighted by Crippen LogP contribution is -2.54. The van der Waals surface area contributed by atoms with Crippen LogP contribution in [0.15, 0.2) is 48.5 Å². The molecule has 2 aliphatic rings. The molecule has 2 amide bonds.